The highest BCUT2D eigenvalue weighted by molar-refractivity contribution is 9.08. The van der Waals surface area contributed by atoms with Crippen molar-refractivity contribution in [3.8, 4) is 0 Å². The summed E-state index contributed by atoms with van der Waals surface area (Å²) in [4.78, 5) is 4.06. The molecule has 0 aromatic carbocycles. The highest BCUT2D eigenvalue weighted by Crippen LogP contribution is 2.06. The summed E-state index contributed by atoms with van der Waals surface area (Å²) in [6.45, 7) is 0. The van der Waals surface area contributed by atoms with Gasteiger partial charge < -0.3 is 0 Å². The summed E-state index contributed by atoms with van der Waals surface area (Å²) in [5.41, 5.74) is 2.10. The zero-order valence-electron chi connectivity index (χ0n) is 5.74. The first-order chi connectivity index (χ1) is 5.40. The van der Waals surface area contributed by atoms with Crippen LogP contribution in [0.15, 0.2) is 24.7 Å². The van der Waals surface area contributed by atoms with Gasteiger partial charge in [-0.05, 0) is 17.7 Å². The van der Waals surface area contributed by atoms with Gasteiger partial charge in [0.2, 0.25) is 0 Å². The molecule has 2 aromatic heterocycles. The summed E-state index contributed by atoms with van der Waals surface area (Å²) in [6, 6.07) is 4.01. The van der Waals surface area contributed by atoms with Gasteiger partial charge in [0.1, 0.15) is 6.33 Å². The molecule has 2 aromatic rings. The van der Waals surface area contributed by atoms with Gasteiger partial charge in [-0.25, -0.2) is 9.50 Å². The molecule has 0 amide bonds. The Morgan fingerprint density at radius 1 is 1.55 bits per heavy atom. The second kappa shape index (κ2) is 2.62. The predicted molar refractivity (Wildman–Crippen MR) is 45.6 cm³/mol. The van der Waals surface area contributed by atoms with Crippen LogP contribution in [-0.2, 0) is 5.33 Å². The number of hydrogen-bond acceptors (Lipinski definition) is 2. The number of hydrogen-bond donors (Lipinski definition) is 0. The van der Waals surface area contributed by atoms with Gasteiger partial charge in [0, 0.05) is 11.5 Å². The molecule has 4 heteroatoms. The molecule has 0 N–H and O–H groups in total. The normalized spacial score (nSPS) is 10.6. The predicted octanol–water partition coefficient (Wildman–Crippen LogP) is 1.62. The van der Waals surface area contributed by atoms with Crippen LogP contribution in [0.2, 0.25) is 0 Å². The van der Waals surface area contributed by atoms with Crippen LogP contribution in [-0.4, -0.2) is 14.6 Å². The van der Waals surface area contributed by atoms with E-state index in [1.165, 1.54) is 5.56 Å². The van der Waals surface area contributed by atoms with Crippen molar-refractivity contribution in [2.45, 2.75) is 5.33 Å². The summed E-state index contributed by atoms with van der Waals surface area (Å²) in [5.74, 6) is 0. The number of fused-ring (bicyclic) bond motifs is 1. The van der Waals surface area contributed by atoms with Gasteiger partial charge in [0.05, 0.1) is 0 Å². The van der Waals surface area contributed by atoms with E-state index >= 15 is 0 Å². The second-order valence-electron chi connectivity index (χ2n) is 2.23. The standard InChI is InChI=1S/C7H6BrN3/c8-4-6-1-2-11-7(3-6)9-5-10-11/h1-3,5H,4H2. The lowest BCUT2D eigenvalue weighted by molar-refractivity contribution is 0.957. The van der Waals surface area contributed by atoms with E-state index < -0.39 is 0 Å². The fraction of sp³-hybridized carbons (Fsp3) is 0.143. The van der Waals surface area contributed by atoms with E-state index in [-0.39, 0.29) is 0 Å². The SMILES string of the molecule is BrCc1ccn2ncnc2c1. The lowest BCUT2D eigenvalue weighted by Gasteiger charge is -1.94. The van der Waals surface area contributed by atoms with E-state index in [2.05, 4.69) is 26.0 Å². The van der Waals surface area contributed by atoms with Crippen molar-refractivity contribution < 1.29 is 0 Å². The Hall–Kier alpha value is -0.900. The van der Waals surface area contributed by atoms with Crippen molar-refractivity contribution >= 4 is 21.6 Å². The van der Waals surface area contributed by atoms with Crippen molar-refractivity contribution in [2.75, 3.05) is 0 Å². The van der Waals surface area contributed by atoms with Gasteiger partial charge in [-0.2, -0.15) is 5.10 Å². The monoisotopic (exact) mass is 211 g/mol. The molecule has 0 aliphatic carbocycles. The Morgan fingerprint density at radius 2 is 2.45 bits per heavy atom. The highest BCUT2D eigenvalue weighted by atomic mass is 79.9. The summed E-state index contributed by atoms with van der Waals surface area (Å²) >= 11 is 3.37. The number of aromatic nitrogens is 3. The van der Waals surface area contributed by atoms with Crippen LogP contribution in [0.3, 0.4) is 0 Å². The first-order valence-corrected chi connectivity index (χ1v) is 4.36. The minimum absolute atomic E-state index is 0.858. The third kappa shape index (κ3) is 1.14. The second-order valence-corrected chi connectivity index (χ2v) is 2.79. The van der Waals surface area contributed by atoms with Crippen molar-refractivity contribution in [3.63, 3.8) is 0 Å². The minimum atomic E-state index is 0.858. The Labute approximate surface area is 72.2 Å². The molecule has 0 saturated carbocycles. The van der Waals surface area contributed by atoms with Crippen LogP contribution in [0.5, 0.6) is 0 Å². The summed E-state index contributed by atoms with van der Waals surface area (Å²) in [7, 11) is 0. The Balaban J connectivity index is 2.67. The van der Waals surface area contributed by atoms with Crippen LogP contribution in [0.25, 0.3) is 5.65 Å². The maximum absolute atomic E-state index is 4.06. The maximum Gasteiger partial charge on any atom is 0.155 e. The summed E-state index contributed by atoms with van der Waals surface area (Å²) < 4.78 is 1.74. The number of nitrogens with zero attached hydrogens (tertiary/aromatic N) is 3. The van der Waals surface area contributed by atoms with E-state index in [1.54, 1.807) is 10.8 Å². The summed E-state index contributed by atoms with van der Waals surface area (Å²) in [5, 5.41) is 4.84. The molecular weight excluding hydrogens is 206 g/mol. The van der Waals surface area contributed by atoms with Crippen molar-refractivity contribution in [1.82, 2.24) is 14.6 Å². The molecule has 11 heavy (non-hydrogen) atoms. The first-order valence-electron chi connectivity index (χ1n) is 3.24. The third-order valence-electron chi connectivity index (χ3n) is 1.50. The van der Waals surface area contributed by atoms with Gasteiger partial charge in [0.15, 0.2) is 5.65 Å². The van der Waals surface area contributed by atoms with Crippen LogP contribution in [0.4, 0.5) is 0 Å². The highest BCUT2D eigenvalue weighted by Gasteiger charge is 1.94. The Morgan fingerprint density at radius 3 is 3.27 bits per heavy atom. The quantitative estimate of drug-likeness (QED) is 0.672. The van der Waals surface area contributed by atoms with E-state index in [0.717, 1.165) is 11.0 Å². The van der Waals surface area contributed by atoms with Crippen LogP contribution >= 0.6 is 15.9 Å². The summed E-state index contributed by atoms with van der Waals surface area (Å²) in [6.07, 6.45) is 3.45. The lowest BCUT2D eigenvalue weighted by Crippen LogP contribution is -1.87. The van der Waals surface area contributed by atoms with Gasteiger partial charge >= 0.3 is 0 Å². The Bertz CT molecular complexity index is 368. The largest absolute Gasteiger partial charge is 0.221 e. The smallest absolute Gasteiger partial charge is 0.155 e. The molecule has 0 spiro atoms. The lowest BCUT2D eigenvalue weighted by atomic mass is 10.3. The number of pyridine rings is 1. The zero-order valence-corrected chi connectivity index (χ0v) is 7.32. The van der Waals surface area contributed by atoms with Crippen molar-refractivity contribution in [1.29, 1.82) is 0 Å². The van der Waals surface area contributed by atoms with Gasteiger partial charge in [-0.3, -0.25) is 0 Å². The average molecular weight is 212 g/mol. The van der Waals surface area contributed by atoms with E-state index in [9.17, 15) is 0 Å². The molecule has 2 rings (SSSR count). The molecule has 0 saturated heterocycles. The van der Waals surface area contributed by atoms with Gasteiger partial charge in [-0.1, -0.05) is 15.9 Å². The van der Waals surface area contributed by atoms with E-state index in [1.807, 2.05) is 18.3 Å². The maximum atomic E-state index is 4.06. The molecule has 0 fully saturated rings. The molecule has 0 radical (unpaired) electrons. The molecule has 0 unspecified atom stereocenters. The Kier molecular flexibility index (Phi) is 1.62. The van der Waals surface area contributed by atoms with Crippen molar-refractivity contribution in [2.24, 2.45) is 0 Å². The van der Waals surface area contributed by atoms with E-state index in [0.29, 0.717) is 0 Å². The third-order valence-corrected chi connectivity index (χ3v) is 2.15. The van der Waals surface area contributed by atoms with Crippen molar-refractivity contribution in [3.05, 3.63) is 30.2 Å². The molecule has 0 aliphatic rings. The topological polar surface area (TPSA) is 30.2 Å². The van der Waals surface area contributed by atoms with Crippen LogP contribution in [0.1, 0.15) is 5.56 Å². The van der Waals surface area contributed by atoms with E-state index in [4.69, 9.17) is 0 Å². The van der Waals surface area contributed by atoms with Gasteiger partial charge in [-0.15, -0.1) is 0 Å². The molecule has 2 heterocycles. The first kappa shape index (κ1) is 6.79. The average Bonchev–Trinajstić information content (AvgIpc) is 2.50. The fourth-order valence-electron chi connectivity index (χ4n) is 0.941. The van der Waals surface area contributed by atoms with Gasteiger partial charge in [0.25, 0.3) is 0 Å². The molecule has 56 valence electrons. The molecule has 0 aliphatic heterocycles. The molecule has 0 atom stereocenters. The minimum Gasteiger partial charge on any atom is -0.221 e. The number of alkyl halides is 1. The zero-order chi connectivity index (χ0) is 7.68. The van der Waals surface area contributed by atoms with Crippen LogP contribution in [0, 0.1) is 0 Å². The van der Waals surface area contributed by atoms with Crippen LogP contribution < -0.4 is 0 Å². The number of rotatable bonds is 1. The molecule has 3 nitrogen and oxygen atoms in total. The molecular formula is C7H6BrN3. The number of halogens is 1. The fourth-order valence-corrected chi connectivity index (χ4v) is 1.29. The molecule has 0 bridgehead atoms.